The highest BCUT2D eigenvalue weighted by molar-refractivity contribution is 5.84. The van der Waals surface area contributed by atoms with Gasteiger partial charge in [0.2, 0.25) is 0 Å². The molecule has 1 unspecified atom stereocenters. The molecule has 0 radical (unpaired) electrons. The van der Waals surface area contributed by atoms with E-state index in [1.807, 2.05) is 32.9 Å². The Labute approximate surface area is 120 Å². The fourth-order valence-corrected chi connectivity index (χ4v) is 2.49. The van der Waals surface area contributed by atoms with Crippen LogP contribution >= 0.6 is 0 Å². The second-order valence-electron chi connectivity index (χ2n) is 6.21. The fourth-order valence-electron chi connectivity index (χ4n) is 2.49. The summed E-state index contributed by atoms with van der Waals surface area (Å²) in [4.78, 5) is 18.5. The summed E-state index contributed by atoms with van der Waals surface area (Å²) in [6, 6.07) is 4.24. The van der Waals surface area contributed by atoms with Gasteiger partial charge in [0.25, 0.3) is 0 Å². The Balaban J connectivity index is 2.14. The lowest BCUT2D eigenvalue weighted by molar-refractivity contribution is 0.0635. The van der Waals surface area contributed by atoms with Gasteiger partial charge in [-0.2, -0.15) is 0 Å². The lowest BCUT2D eigenvalue weighted by Crippen LogP contribution is -2.28. The Morgan fingerprint density at radius 2 is 2.25 bits per heavy atom. The van der Waals surface area contributed by atoms with E-state index in [-0.39, 0.29) is 0 Å². The van der Waals surface area contributed by atoms with Gasteiger partial charge in [-0.3, -0.25) is 10.2 Å². The van der Waals surface area contributed by atoms with Crippen molar-refractivity contribution in [2.75, 3.05) is 18.9 Å². The van der Waals surface area contributed by atoms with E-state index in [2.05, 4.69) is 22.2 Å². The molecule has 0 aromatic carbocycles. The summed E-state index contributed by atoms with van der Waals surface area (Å²) >= 11 is 0. The van der Waals surface area contributed by atoms with Crippen molar-refractivity contribution in [3.05, 3.63) is 23.9 Å². The summed E-state index contributed by atoms with van der Waals surface area (Å²) in [5, 5.41) is 2.77. The maximum absolute atomic E-state index is 11.9. The lowest BCUT2D eigenvalue weighted by atomic mass is 10.1. The number of nitrogens with zero attached hydrogens (tertiary/aromatic N) is 2. The normalized spacial score (nSPS) is 19.9. The van der Waals surface area contributed by atoms with E-state index in [4.69, 9.17) is 4.74 Å². The number of hydrogen-bond donors (Lipinski definition) is 1. The Kier molecular flexibility index (Phi) is 4.28. The number of nitrogens with one attached hydrogen (secondary N) is 1. The molecule has 5 nitrogen and oxygen atoms in total. The maximum Gasteiger partial charge on any atom is 0.413 e. The molecule has 1 aliphatic heterocycles. The minimum absolute atomic E-state index is 0.314. The predicted molar refractivity (Wildman–Crippen MR) is 78.7 cm³/mol. The number of likely N-dealkylation sites (tertiary alicyclic amines) is 1. The number of anilines is 1. The third-order valence-electron chi connectivity index (χ3n) is 3.34. The molecular weight excluding hydrogens is 254 g/mol. The lowest BCUT2D eigenvalue weighted by Gasteiger charge is -2.23. The van der Waals surface area contributed by atoms with Crippen LogP contribution in [0, 0.1) is 0 Å². The van der Waals surface area contributed by atoms with Crippen molar-refractivity contribution in [3.63, 3.8) is 0 Å². The first-order chi connectivity index (χ1) is 9.37. The van der Waals surface area contributed by atoms with Crippen LogP contribution in [0.15, 0.2) is 18.3 Å². The average molecular weight is 277 g/mol. The molecule has 20 heavy (non-hydrogen) atoms. The molecule has 0 aliphatic carbocycles. The molecule has 1 aromatic heterocycles. The molecule has 110 valence electrons. The summed E-state index contributed by atoms with van der Waals surface area (Å²) in [5.41, 5.74) is 0.543. The molecule has 2 rings (SSSR count). The minimum Gasteiger partial charge on any atom is -0.444 e. The van der Waals surface area contributed by atoms with Crippen LogP contribution in [0.3, 0.4) is 0 Å². The summed E-state index contributed by atoms with van der Waals surface area (Å²) in [6.45, 7) is 6.61. The zero-order valence-electron chi connectivity index (χ0n) is 12.6. The van der Waals surface area contributed by atoms with Crippen molar-refractivity contribution < 1.29 is 9.53 Å². The van der Waals surface area contributed by atoms with Gasteiger partial charge in [-0.05, 0) is 53.3 Å². The van der Waals surface area contributed by atoms with Crippen LogP contribution in [-0.2, 0) is 4.74 Å². The van der Waals surface area contributed by atoms with Crippen molar-refractivity contribution in [3.8, 4) is 0 Å². The van der Waals surface area contributed by atoms with E-state index in [1.54, 1.807) is 6.20 Å². The van der Waals surface area contributed by atoms with Crippen molar-refractivity contribution >= 4 is 11.9 Å². The highest BCUT2D eigenvalue weighted by Crippen LogP contribution is 2.33. The number of aromatic nitrogens is 1. The van der Waals surface area contributed by atoms with E-state index in [9.17, 15) is 4.79 Å². The zero-order chi connectivity index (χ0) is 14.8. The number of carbonyl (C=O) groups excluding carboxylic acids is 1. The first-order valence-corrected chi connectivity index (χ1v) is 7.02. The van der Waals surface area contributed by atoms with Crippen LogP contribution in [0.2, 0.25) is 0 Å². The molecule has 1 N–H and O–H groups in total. The summed E-state index contributed by atoms with van der Waals surface area (Å²) in [7, 11) is 2.10. The van der Waals surface area contributed by atoms with Gasteiger partial charge in [-0.25, -0.2) is 9.78 Å². The Bertz CT molecular complexity index is 482. The van der Waals surface area contributed by atoms with E-state index in [1.165, 1.54) is 6.42 Å². The molecule has 0 spiro atoms. The second kappa shape index (κ2) is 5.79. The van der Waals surface area contributed by atoms with Gasteiger partial charge in [-0.15, -0.1) is 0 Å². The Morgan fingerprint density at radius 3 is 2.85 bits per heavy atom. The van der Waals surface area contributed by atoms with Gasteiger partial charge in [0, 0.05) is 17.8 Å². The molecule has 0 saturated carbocycles. The van der Waals surface area contributed by atoms with Crippen LogP contribution in [0.25, 0.3) is 0 Å². The van der Waals surface area contributed by atoms with Crippen LogP contribution in [0.4, 0.5) is 10.6 Å². The van der Waals surface area contributed by atoms with Crippen molar-refractivity contribution in [2.45, 2.75) is 45.3 Å². The largest absolute Gasteiger partial charge is 0.444 e. The second-order valence-corrected chi connectivity index (χ2v) is 6.21. The number of carbonyl (C=O) groups is 1. The third-order valence-corrected chi connectivity index (χ3v) is 3.34. The molecule has 5 heteroatoms. The molecule has 1 aliphatic rings. The van der Waals surface area contributed by atoms with Gasteiger partial charge >= 0.3 is 6.09 Å². The standard InChI is InChI=1S/C15H23N3O2/c1-15(2,3)20-14(19)17-13-11(7-5-9-16-13)12-8-6-10-18(12)4/h5,7,9,12H,6,8,10H2,1-4H3,(H,16,17,19). The van der Waals surface area contributed by atoms with Crippen LogP contribution in [0.5, 0.6) is 0 Å². The summed E-state index contributed by atoms with van der Waals surface area (Å²) in [5.74, 6) is 0.598. The topological polar surface area (TPSA) is 54.5 Å². The summed E-state index contributed by atoms with van der Waals surface area (Å²) < 4.78 is 5.28. The smallest absolute Gasteiger partial charge is 0.413 e. The van der Waals surface area contributed by atoms with Crippen molar-refractivity contribution in [1.82, 2.24) is 9.88 Å². The van der Waals surface area contributed by atoms with Gasteiger partial charge in [0.05, 0.1) is 0 Å². The number of ether oxygens (including phenoxy) is 1. The summed E-state index contributed by atoms with van der Waals surface area (Å²) in [6.07, 6.45) is 3.48. The number of rotatable bonds is 2. The molecule has 1 aromatic rings. The van der Waals surface area contributed by atoms with Gasteiger partial charge in [0.1, 0.15) is 11.4 Å². The average Bonchev–Trinajstić information content (AvgIpc) is 2.73. The number of hydrogen-bond acceptors (Lipinski definition) is 4. The van der Waals surface area contributed by atoms with Crippen molar-refractivity contribution in [2.24, 2.45) is 0 Å². The molecule has 1 fully saturated rings. The molecule has 0 bridgehead atoms. The van der Waals surface area contributed by atoms with Crippen LogP contribution in [-0.4, -0.2) is 35.2 Å². The first kappa shape index (κ1) is 14.8. The van der Waals surface area contributed by atoms with E-state index in [0.717, 1.165) is 18.5 Å². The first-order valence-electron chi connectivity index (χ1n) is 7.02. The monoisotopic (exact) mass is 277 g/mol. The fraction of sp³-hybridized carbons (Fsp3) is 0.600. The molecule has 1 saturated heterocycles. The molecular formula is C15H23N3O2. The van der Waals surface area contributed by atoms with E-state index < -0.39 is 11.7 Å². The van der Waals surface area contributed by atoms with Gasteiger partial charge in [-0.1, -0.05) is 6.07 Å². The highest BCUT2D eigenvalue weighted by atomic mass is 16.6. The van der Waals surface area contributed by atoms with Crippen molar-refractivity contribution in [1.29, 1.82) is 0 Å². The Morgan fingerprint density at radius 1 is 1.50 bits per heavy atom. The van der Waals surface area contributed by atoms with Gasteiger partial charge in [0.15, 0.2) is 0 Å². The maximum atomic E-state index is 11.9. The Hall–Kier alpha value is -1.62. The zero-order valence-corrected chi connectivity index (χ0v) is 12.6. The van der Waals surface area contributed by atoms with Crippen LogP contribution < -0.4 is 5.32 Å². The SMILES string of the molecule is CN1CCCC1c1cccnc1NC(=O)OC(C)(C)C. The van der Waals surface area contributed by atoms with E-state index in [0.29, 0.717) is 11.9 Å². The quantitative estimate of drug-likeness (QED) is 0.902. The van der Waals surface area contributed by atoms with E-state index >= 15 is 0 Å². The van der Waals surface area contributed by atoms with Crippen LogP contribution in [0.1, 0.15) is 45.2 Å². The predicted octanol–water partition coefficient (Wildman–Crippen LogP) is 3.20. The highest BCUT2D eigenvalue weighted by Gasteiger charge is 2.26. The number of pyridine rings is 1. The molecule has 1 atom stereocenters. The third kappa shape index (κ3) is 3.70. The molecule has 1 amide bonds. The minimum atomic E-state index is -0.511. The number of amides is 1. The van der Waals surface area contributed by atoms with Gasteiger partial charge < -0.3 is 4.74 Å². The molecule has 2 heterocycles.